The second-order valence-electron chi connectivity index (χ2n) is 6.95. The van der Waals surface area contributed by atoms with Crippen LogP contribution in [0.15, 0.2) is 23.0 Å². The number of methoxy groups -OCH3 is 1. The van der Waals surface area contributed by atoms with Crippen molar-refractivity contribution in [2.45, 2.75) is 71.9 Å². The van der Waals surface area contributed by atoms with E-state index >= 15 is 0 Å². The van der Waals surface area contributed by atoms with Crippen molar-refractivity contribution >= 4 is 10.9 Å². The third kappa shape index (κ3) is 4.71. The molecule has 1 N–H and O–H groups in total. The van der Waals surface area contributed by atoms with E-state index in [2.05, 4.69) is 6.92 Å². The predicted octanol–water partition coefficient (Wildman–Crippen LogP) is 4.86. The number of hydrogen-bond donors (Lipinski definition) is 1. The first-order valence-corrected chi connectivity index (χ1v) is 9.59. The summed E-state index contributed by atoms with van der Waals surface area (Å²) in [5.41, 5.74) is 0.471. The fraction of sp³-hybridized carbons (Fsp3) is 0.571. The van der Waals surface area contributed by atoms with Gasteiger partial charge >= 0.3 is 0 Å². The summed E-state index contributed by atoms with van der Waals surface area (Å²) in [6.07, 6.45) is 6.76. The Hall–Kier alpha value is -2.17. The molecule has 0 aliphatic carbocycles. The molecule has 0 spiro atoms. The minimum atomic E-state index is -0.206. The number of ether oxygens (including phenoxy) is 2. The normalized spacial score (nSPS) is 11.3. The fourth-order valence-corrected chi connectivity index (χ4v) is 3.20. The molecular formula is C21H31NO4. The maximum atomic E-state index is 13.1. The molecule has 2 aromatic rings. The third-order valence-corrected chi connectivity index (χ3v) is 4.46. The summed E-state index contributed by atoms with van der Waals surface area (Å²) in [6.45, 7) is 6.57. The first-order valence-electron chi connectivity index (χ1n) is 9.59. The number of pyridine rings is 1. The Morgan fingerprint density at radius 2 is 1.77 bits per heavy atom. The van der Waals surface area contributed by atoms with Crippen LogP contribution in [0.5, 0.6) is 17.2 Å². The Labute approximate surface area is 155 Å². The highest BCUT2D eigenvalue weighted by Gasteiger charge is 2.20. The first kappa shape index (κ1) is 20.1. The average Bonchev–Trinajstić information content (AvgIpc) is 2.60. The number of aryl methyl sites for hydroxylation is 1. The lowest BCUT2D eigenvalue weighted by Gasteiger charge is -2.19. The van der Waals surface area contributed by atoms with Gasteiger partial charge in [0.2, 0.25) is 5.75 Å². The van der Waals surface area contributed by atoms with Crippen LogP contribution >= 0.6 is 0 Å². The molecule has 0 saturated heterocycles. The van der Waals surface area contributed by atoms with Crippen molar-refractivity contribution in [3.05, 3.63) is 28.6 Å². The molecule has 0 unspecified atom stereocenters. The van der Waals surface area contributed by atoms with Gasteiger partial charge in [-0.2, -0.15) is 0 Å². The summed E-state index contributed by atoms with van der Waals surface area (Å²) < 4.78 is 13.0. The monoisotopic (exact) mass is 361 g/mol. The van der Waals surface area contributed by atoms with Crippen LogP contribution in [0.25, 0.3) is 10.9 Å². The topological polar surface area (TPSA) is 60.7 Å². The van der Waals surface area contributed by atoms with Gasteiger partial charge in [0.05, 0.1) is 18.7 Å². The van der Waals surface area contributed by atoms with Crippen molar-refractivity contribution in [1.82, 2.24) is 4.57 Å². The standard InChI is InChI=1S/C21H31NO4/c1-5-6-7-8-9-10-13-22-18-14-16(23)11-12-17(18)19(25-4)20(21(22)24)26-15(2)3/h11-12,14-15,23H,5-10,13H2,1-4H3. The lowest BCUT2D eigenvalue weighted by molar-refractivity contribution is 0.226. The van der Waals surface area contributed by atoms with Crippen molar-refractivity contribution in [2.24, 2.45) is 0 Å². The average molecular weight is 361 g/mol. The van der Waals surface area contributed by atoms with Gasteiger partial charge in [0, 0.05) is 18.0 Å². The number of fused-ring (bicyclic) bond motifs is 1. The van der Waals surface area contributed by atoms with E-state index in [1.54, 1.807) is 22.8 Å². The van der Waals surface area contributed by atoms with Gasteiger partial charge in [-0.05, 0) is 32.4 Å². The number of unbranched alkanes of at least 4 members (excludes halogenated alkanes) is 5. The second kappa shape index (κ2) is 9.51. The molecule has 1 aromatic carbocycles. The van der Waals surface area contributed by atoms with Gasteiger partial charge in [-0.3, -0.25) is 4.79 Å². The summed E-state index contributed by atoms with van der Waals surface area (Å²) in [5.74, 6) is 0.803. The van der Waals surface area contributed by atoms with Crippen molar-refractivity contribution < 1.29 is 14.6 Å². The smallest absolute Gasteiger partial charge is 0.297 e. The SMILES string of the molecule is CCCCCCCCn1c(=O)c(OC(C)C)c(OC)c2ccc(O)cc21. The van der Waals surface area contributed by atoms with E-state index in [9.17, 15) is 9.90 Å². The Bertz CT molecular complexity index is 780. The molecule has 0 amide bonds. The van der Waals surface area contributed by atoms with Crippen LogP contribution < -0.4 is 15.0 Å². The molecule has 2 rings (SSSR count). The maximum absolute atomic E-state index is 13.1. The molecule has 144 valence electrons. The lowest BCUT2D eigenvalue weighted by Crippen LogP contribution is -2.25. The third-order valence-electron chi connectivity index (χ3n) is 4.46. The molecule has 1 aromatic heterocycles. The van der Waals surface area contributed by atoms with Crippen LogP contribution in [0.3, 0.4) is 0 Å². The van der Waals surface area contributed by atoms with Crippen molar-refractivity contribution in [3.8, 4) is 17.2 Å². The zero-order valence-corrected chi connectivity index (χ0v) is 16.4. The molecule has 5 heteroatoms. The zero-order chi connectivity index (χ0) is 19.1. The number of phenols is 1. The van der Waals surface area contributed by atoms with E-state index in [4.69, 9.17) is 9.47 Å². The van der Waals surface area contributed by atoms with E-state index in [0.717, 1.165) is 18.2 Å². The van der Waals surface area contributed by atoms with Gasteiger partial charge in [0.1, 0.15) is 5.75 Å². The summed E-state index contributed by atoms with van der Waals surface area (Å²) in [7, 11) is 1.53. The van der Waals surface area contributed by atoms with Crippen molar-refractivity contribution in [2.75, 3.05) is 7.11 Å². The van der Waals surface area contributed by atoms with Gasteiger partial charge in [-0.25, -0.2) is 0 Å². The number of hydrogen-bond acceptors (Lipinski definition) is 4. The number of phenolic OH excluding ortho intramolecular Hbond substituents is 1. The molecule has 0 radical (unpaired) electrons. The van der Waals surface area contributed by atoms with E-state index in [0.29, 0.717) is 17.8 Å². The Morgan fingerprint density at radius 1 is 1.08 bits per heavy atom. The molecule has 5 nitrogen and oxygen atoms in total. The van der Waals surface area contributed by atoms with Crippen LogP contribution in [-0.4, -0.2) is 22.9 Å². The highest BCUT2D eigenvalue weighted by atomic mass is 16.5. The van der Waals surface area contributed by atoms with Gasteiger partial charge in [0.15, 0.2) is 5.75 Å². The van der Waals surface area contributed by atoms with Gasteiger partial charge < -0.3 is 19.1 Å². The molecule has 1 heterocycles. The van der Waals surface area contributed by atoms with E-state index in [1.165, 1.54) is 32.8 Å². The number of rotatable bonds is 10. The molecule has 0 fully saturated rings. The summed E-state index contributed by atoms with van der Waals surface area (Å²) in [5, 5.41) is 10.7. The molecule has 0 saturated carbocycles. The largest absolute Gasteiger partial charge is 0.508 e. The molecule has 26 heavy (non-hydrogen) atoms. The summed E-state index contributed by atoms with van der Waals surface area (Å²) in [6, 6.07) is 4.99. The van der Waals surface area contributed by atoms with Crippen LogP contribution in [-0.2, 0) is 6.54 Å². The van der Waals surface area contributed by atoms with Gasteiger partial charge in [-0.1, -0.05) is 39.0 Å². The highest BCUT2D eigenvalue weighted by molar-refractivity contribution is 5.89. The Balaban J connectivity index is 2.41. The molecule has 0 atom stereocenters. The van der Waals surface area contributed by atoms with Crippen molar-refractivity contribution in [1.29, 1.82) is 0 Å². The summed E-state index contributed by atoms with van der Waals surface area (Å²) >= 11 is 0. The maximum Gasteiger partial charge on any atom is 0.297 e. The quantitative estimate of drug-likeness (QED) is 0.614. The van der Waals surface area contributed by atoms with E-state index in [1.807, 2.05) is 13.8 Å². The minimum Gasteiger partial charge on any atom is -0.508 e. The Morgan fingerprint density at radius 3 is 2.42 bits per heavy atom. The van der Waals surface area contributed by atoms with Crippen LogP contribution in [0.1, 0.15) is 59.3 Å². The molecule has 0 bridgehead atoms. The number of benzene rings is 1. The van der Waals surface area contributed by atoms with Crippen LogP contribution in [0.4, 0.5) is 0 Å². The van der Waals surface area contributed by atoms with E-state index < -0.39 is 0 Å². The molecular weight excluding hydrogens is 330 g/mol. The predicted molar refractivity (Wildman–Crippen MR) is 106 cm³/mol. The zero-order valence-electron chi connectivity index (χ0n) is 16.4. The fourth-order valence-electron chi connectivity index (χ4n) is 3.20. The van der Waals surface area contributed by atoms with Gasteiger partial charge in [-0.15, -0.1) is 0 Å². The molecule has 0 aliphatic rings. The summed E-state index contributed by atoms with van der Waals surface area (Å²) in [4.78, 5) is 13.1. The van der Waals surface area contributed by atoms with Crippen LogP contribution in [0, 0.1) is 0 Å². The first-order chi connectivity index (χ1) is 12.5. The van der Waals surface area contributed by atoms with E-state index in [-0.39, 0.29) is 23.2 Å². The Kier molecular flexibility index (Phi) is 7.37. The number of aromatic nitrogens is 1. The van der Waals surface area contributed by atoms with Crippen LogP contribution in [0.2, 0.25) is 0 Å². The number of aromatic hydroxyl groups is 1. The number of nitrogens with zero attached hydrogens (tertiary/aromatic N) is 1. The van der Waals surface area contributed by atoms with Crippen molar-refractivity contribution in [3.63, 3.8) is 0 Å². The molecule has 0 aliphatic heterocycles. The lowest BCUT2D eigenvalue weighted by atomic mass is 10.1. The van der Waals surface area contributed by atoms with Gasteiger partial charge in [0.25, 0.3) is 5.56 Å². The minimum absolute atomic E-state index is 0.131. The highest BCUT2D eigenvalue weighted by Crippen LogP contribution is 2.34. The second-order valence-corrected chi connectivity index (χ2v) is 6.95.